The monoisotopic (exact) mass is 457 g/mol. The number of unbranched alkanes of at least 4 members (excludes halogenated alkanes) is 2. The highest BCUT2D eigenvalue weighted by Gasteiger charge is 2.25. The fourth-order valence-electron chi connectivity index (χ4n) is 3.56. The molecule has 0 aliphatic rings. The highest BCUT2D eigenvalue weighted by Crippen LogP contribution is 2.28. The molecule has 0 unspecified atom stereocenters. The maximum atomic E-state index is 13.9. The summed E-state index contributed by atoms with van der Waals surface area (Å²) >= 11 is 0. The molecule has 1 aromatic carbocycles. The average molecular weight is 458 g/mol. The zero-order valence-electron chi connectivity index (χ0n) is 19.6. The van der Waals surface area contributed by atoms with Gasteiger partial charge in [0.1, 0.15) is 22.8 Å². The average Bonchev–Trinajstić information content (AvgIpc) is 2.82. The predicted molar refractivity (Wildman–Crippen MR) is 127 cm³/mol. The van der Waals surface area contributed by atoms with Crippen LogP contribution in [0.2, 0.25) is 0 Å². The van der Waals surface area contributed by atoms with Crippen molar-refractivity contribution in [2.24, 2.45) is 0 Å². The molecule has 0 aliphatic heterocycles. The van der Waals surface area contributed by atoms with Crippen molar-refractivity contribution in [2.75, 3.05) is 31.5 Å². The number of rotatable bonds is 12. The molecule has 0 amide bonds. The van der Waals surface area contributed by atoms with Crippen LogP contribution < -0.4 is 20.1 Å². The third kappa shape index (κ3) is 6.19. The number of aliphatic hydroxyl groups excluding tert-OH is 1. The van der Waals surface area contributed by atoms with Gasteiger partial charge in [0.2, 0.25) is 5.95 Å². The van der Waals surface area contributed by atoms with Crippen LogP contribution in [-0.4, -0.2) is 46.4 Å². The fourth-order valence-corrected chi connectivity index (χ4v) is 3.56. The van der Waals surface area contributed by atoms with E-state index in [1.54, 1.807) is 20.3 Å². The fraction of sp³-hybridized carbons (Fsp3) is 0.458. The largest absolute Gasteiger partial charge is 0.497 e. The Hall–Kier alpha value is -3.20. The lowest BCUT2D eigenvalue weighted by atomic mass is 9.95. The zero-order valence-corrected chi connectivity index (χ0v) is 19.6. The number of aliphatic hydroxyl groups is 1. The molecule has 2 heterocycles. The first kappa shape index (κ1) is 24.4. The van der Waals surface area contributed by atoms with Crippen LogP contribution >= 0.6 is 0 Å². The van der Waals surface area contributed by atoms with Crippen LogP contribution in [0.3, 0.4) is 0 Å². The van der Waals surface area contributed by atoms with Gasteiger partial charge in [-0.3, -0.25) is 0 Å². The molecule has 2 aromatic heterocycles. The Bertz CT molecular complexity index is 1080. The second-order valence-corrected chi connectivity index (χ2v) is 8.25. The van der Waals surface area contributed by atoms with E-state index in [1.807, 2.05) is 19.1 Å². The van der Waals surface area contributed by atoms with Crippen molar-refractivity contribution in [3.8, 4) is 11.5 Å². The van der Waals surface area contributed by atoms with Gasteiger partial charge in [0.05, 0.1) is 38.1 Å². The molecule has 0 saturated carbocycles. The predicted octanol–water partition coefficient (Wildman–Crippen LogP) is 4.54. The van der Waals surface area contributed by atoms with Crippen molar-refractivity contribution in [2.45, 2.75) is 51.6 Å². The first-order chi connectivity index (χ1) is 15.9. The lowest BCUT2D eigenvalue weighted by Gasteiger charge is -2.30. The molecule has 1 atom stereocenters. The van der Waals surface area contributed by atoms with Crippen LogP contribution in [0.1, 0.15) is 45.1 Å². The number of benzene rings is 1. The van der Waals surface area contributed by atoms with Gasteiger partial charge in [-0.1, -0.05) is 26.2 Å². The van der Waals surface area contributed by atoms with E-state index in [-0.39, 0.29) is 6.61 Å². The Kier molecular flexibility index (Phi) is 8.21. The number of nitrogens with zero attached hydrogens (tertiary/aromatic N) is 3. The van der Waals surface area contributed by atoms with Crippen LogP contribution in [-0.2, 0) is 6.54 Å². The van der Waals surface area contributed by atoms with Gasteiger partial charge in [-0.05, 0) is 25.5 Å². The normalized spacial score (nSPS) is 12.9. The van der Waals surface area contributed by atoms with Crippen molar-refractivity contribution in [3.63, 3.8) is 0 Å². The maximum absolute atomic E-state index is 13.9. The number of ether oxygens (including phenoxy) is 2. The molecule has 178 valence electrons. The van der Waals surface area contributed by atoms with Gasteiger partial charge in [0, 0.05) is 24.2 Å². The third-order valence-electron chi connectivity index (χ3n) is 5.54. The number of halogens is 1. The summed E-state index contributed by atoms with van der Waals surface area (Å²) in [5, 5.41) is 16.6. The number of nitrogens with one attached hydrogen (secondary N) is 2. The van der Waals surface area contributed by atoms with Crippen LogP contribution in [0.15, 0.2) is 30.5 Å². The quantitative estimate of drug-likeness (QED) is 0.341. The van der Waals surface area contributed by atoms with Gasteiger partial charge in [-0.25, -0.2) is 14.4 Å². The van der Waals surface area contributed by atoms with E-state index in [1.165, 1.54) is 6.07 Å². The van der Waals surface area contributed by atoms with E-state index in [4.69, 9.17) is 9.47 Å². The number of hydrogen-bond acceptors (Lipinski definition) is 8. The Labute approximate surface area is 193 Å². The summed E-state index contributed by atoms with van der Waals surface area (Å²) in [5.41, 5.74) is 1.10. The number of aromatic nitrogens is 3. The number of methoxy groups -OCH3 is 2. The molecule has 33 heavy (non-hydrogen) atoms. The summed E-state index contributed by atoms with van der Waals surface area (Å²) in [6.45, 7) is 4.38. The molecule has 3 N–H and O–H groups in total. The first-order valence-corrected chi connectivity index (χ1v) is 11.1. The van der Waals surface area contributed by atoms with E-state index >= 15 is 0 Å². The second kappa shape index (κ2) is 11.1. The van der Waals surface area contributed by atoms with Crippen molar-refractivity contribution >= 4 is 22.8 Å². The van der Waals surface area contributed by atoms with Gasteiger partial charge >= 0.3 is 0 Å². The summed E-state index contributed by atoms with van der Waals surface area (Å²) in [6.07, 6.45) is 5.02. The molecule has 0 aliphatic carbocycles. The van der Waals surface area contributed by atoms with Crippen LogP contribution in [0, 0.1) is 5.82 Å². The molecule has 9 heteroatoms. The lowest BCUT2D eigenvalue weighted by Crippen LogP contribution is -2.39. The number of pyridine rings is 1. The van der Waals surface area contributed by atoms with Crippen molar-refractivity contribution in [3.05, 3.63) is 41.8 Å². The first-order valence-electron chi connectivity index (χ1n) is 11.1. The van der Waals surface area contributed by atoms with Crippen LogP contribution in [0.5, 0.6) is 11.5 Å². The molecule has 3 rings (SSSR count). The number of anilines is 2. The van der Waals surface area contributed by atoms with E-state index in [2.05, 4.69) is 32.5 Å². The molecule has 0 bridgehead atoms. The number of fused-ring (bicyclic) bond motifs is 1. The molecule has 0 fully saturated rings. The van der Waals surface area contributed by atoms with E-state index in [9.17, 15) is 9.50 Å². The summed E-state index contributed by atoms with van der Waals surface area (Å²) in [4.78, 5) is 13.2. The Morgan fingerprint density at radius 1 is 1.12 bits per heavy atom. The zero-order chi connectivity index (χ0) is 23.8. The van der Waals surface area contributed by atoms with Crippen LogP contribution in [0.25, 0.3) is 11.0 Å². The smallest absolute Gasteiger partial charge is 0.225 e. The Morgan fingerprint density at radius 2 is 1.94 bits per heavy atom. The van der Waals surface area contributed by atoms with E-state index in [0.717, 1.165) is 37.4 Å². The summed E-state index contributed by atoms with van der Waals surface area (Å²) in [7, 11) is 3.19. The summed E-state index contributed by atoms with van der Waals surface area (Å²) < 4.78 is 24.6. The molecular weight excluding hydrogens is 425 g/mol. The standard InChI is InChI=1S/C24H32FN5O3/c1-5-6-7-10-24(2,15-31)30-22-21-19(11-17(25)14-26-21)28-23(29-22)27-13-16-8-9-18(32-3)12-20(16)33-4/h8-9,11-12,14,31H,5-7,10,13,15H2,1-4H3,(H2,27,28,29,30)/t24-/m1/s1. The SMILES string of the molecule is CCCCC[C@](C)(CO)Nc1nc(NCc2ccc(OC)cc2OC)nc2cc(F)cnc12. The molecule has 0 radical (unpaired) electrons. The Balaban J connectivity index is 1.90. The summed E-state index contributed by atoms with van der Waals surface area (Å²) in [6, 6.07) is 6.86. The van der Waals surface area contributed by atoms with Gasteiger partial charge in [0.15, 0.2) is 5.82 Å². The maximum Gasteiger partial charge on any atom is 0.225 e. The highest BCUT2D eigenvalue weighted by atomic mass is 19.1. The van der Waals surface area contributed by atoms with Gasteiger partial charge in [-0.2, -0.15) is 4.98 Å². The molecule has 0 spiro atoms. The molecular formula is C24H32FN5O3. The van der Waals surface area contributed by atoms with Crippen molar-refractivity contribution in [1.82, 2.24) is 15.0 Å². The second-order valence-electron chi connectivity index (χ2n) is 8.25. The highest BCUT2D eigenvalue weighted by molar-refractivity contribution is 5.86. The lowest BCUT2D eigenvalue weighted by molar-refractivity contribution is 0.211. The topological polar surface area (TPSA) is 101 Å². The minimum absolute atomic E-state index is 0.0742. The van der Waals surface area contributed by atoms with Gasteiger partial charge in [-0.15, -0.1) is 0 Å². The van der Waals surface area contributed by atoms with Gasteiger partial charge in [0.25, 0.3) is 0 Å². The minimum atomic E-state index is -0.594. The summed E-state index contributed by atoms with van der Waals surface area (Å²) in [5.74, 6) is 1.62. The van der Waals surface area contributed by atoms with E-state index < -0.39 is 11.4 Å². The van der Waals surface area contributed by atoms with E-state index in [0.29, 0.717) is 40.8 Å². The number of hydrogen-bond donors (Lipinski definition) is 3. The minimum Gasteiger partial charge on any atom is -0.497 e. The van der Waals surface area contributed by atoms with Gasteiger partial charge < -0.3 is 25.2 Å². The molecule has 0 saturated heterocycles. The van der Waals surface area contributed by atoms with Crippen molar-refractivity contribution in [1.29, 1.82) is 0 Å². The van der Waals surface area contributed by atoms with Crippen LogP contribution in [0.4, 0.5) is 16.2 Å². The molecule has 8 nitrogen and oxygen atoms in total. The molecule has 3 aromatic rings. The third-order valence-corrected chi connectivity index (χ3v) is 5.54. The Morgan fingerprint density at radius 3 is 2.64 bits per heavy atom. The van der Waals surface area contributed by atoms with Crippen molar-refractivity contribution < 1.29 is 19.0 Å².